The van der Waals surface area contributed by atoms with Crippen LogP contribution in [0.5, 0.6) is 5.75 Å². The van der Waals surface area contributed by atoms with E-state index in [-0.39, 0.29) is 29.6 Å². The highest BCUT2D eigenvalue weighted by molar-refractivity contribution is 6.12. The third-order valence-electron chi connectivity index (χ3n) is 5.24. The van der Waals surface area contributed by atoms with Gasteiger partial charge in [0.2, 0.25) is 0 Å². The summed E-state index contributed by atoms with van der Waals surface area (Å²) in [6.45, 7) is 5.53. The van der Waals surface area contributed by atoms with Crippen molar-refractivity contribution in [3.63, 3.8) is 0 Å². The maximum atomic E-state index is 12.8. The predicted molar refractivity (Wildman–Crippen MR) is 124 cm³/mol. The first-order chi connectivity index (χ1) is 15.3. The first kappa shape index (κ1) is 24.9. The van der Waals surface area contributed by atoms with Crippen LogP contribution < -0.4 is 5.63 Å². The van der Waals surface area contributed by atoms with Gasteiger partial charge in [-0.1, -0.05) is 50.3 Å². The van der Waals surface area contributed by atoms with E-state index in [2.05, 4.69) is 11.7 Å². The van der Waals surface area contributed by atoms with Gasteiger partial charge in [0.1, 0.15) is 17.1 Å². The largest absolute Gasteiger partial charge is 0.507 e. The van der Waals surface area contributed by atoms with Crippen LogP contribution >= 0.6 is 0 Å². The molecule has 1 heterocycles. The van der Waals surface area contributed by atoms with E-state index in [4.69, 9.17) is 4.42 Å². The molecule has 32 heavy (non-hydrogen) atoms. The van der Waals surface area contributed by atoms with Gasteiger partial charge in [-0.15, -0.1) is 0 Å². The Morgan fingerprint density at radius 3 is 2.47 bits per heavy atom. The van der Waals surface area contributed by atoms with E-state index < -0.39 is 11.4 Å². The van der Waals surface area contributed by atoms with Gasteiger partial charge in [-0.2, -0.15) is 0 Å². The van der Waals surface area contributed by atoms with E-state index in [1.807, 2.05) is 37.3 Å². The molecule has 0 bridgehead atoms. The second kappa shape index (κ2) is 11.8. The van der Waals surface area contributed by atoms with Crippen LogP contribution in [-0.2, 0) is 16.0 Å². The van der Waals surface area contributed by atoms with Gasteiger partial charge in [0.05, 0.1) is 13.5 Å². The number of benzene rings is 1. The van der Waals surface area contributed by atoms with Crippen LogP contribution in [0, 0.1) is 0 Å². The van der Waals surface area contributed by atoms with Gasteiger partial charge in [0.15, 0.2) is 5.78 Å². The summed E-state index contributed by atoms with van der Waals surface area (Å²) in [5.41, 5.74) is 1.13. The van der Waals surface area contributed by atoms with Crippen molar-refractivity contribution in [2.24, 2.45) is 0 Å². The fourth-order valence-electron chi connectivity index (χ4n) is 3.18. The number of hydrogen-bond acceptors (Lipinski definition) is 6. The number of hydrogen-bond donors (Lipinski definition) is 1. The molecule has 6 nitrogen and oxygen atoms in total. The van der Waals surface area contributed by atoms with Gasteiger partial charge in [0.25, 0.3) is 0 Å². The van der Waals surface area contributed by atoms with Gasteiger partial charge in [-0.3, -0.25) is 9.59 Å². The molecule has 1 N–H and O–H groups in total. The quantitative estimate of drug-likeness (QED) is 0.237. The maximum absolute atomic E-state index is 12.8. The summed E-state index contributed by atoms with van der Waals surface area (Å²) in [5.74, 6) is -1.12. The molecule has 0 aliphatic rings. The van der Waals surface area contributed by atoms with Crippen LogP contribution in [0.2, 0.25) is 0 Å². The Bertz CT molecular complexity index is 1060. The first-order valence-electron chi connectivity index (χ1n) is 10.7. The van der Waals surface area contributed by atoms with Crippen molar-refractivity contribution in [3.05, 3.63) is 80.9 Å². The summed E-state index contributed by atoms with van der Waals surface area (Å²) in [6, 6.07) is 9.11. The minimum atomic E-state index is -0.854. The Morgan fingerprint density at radius 2 is 1.88 bits per heavy atom. The summed E-state index contributed by atoms with van der Waals surface area (Å²) < 4.78 is 9.92. The van der Waals surface area contributed by atoms with Crippen molar-refractivity contribution in [3.8, 4) is 5.75 Å². The number of rotatable bonds is 10. The number of ketones is 1. The second-order valence-electron chi connectivity index (χ2n) is 7.68. The number of aromatic hydroxyl groups is 1. The van der Waals surface area contributed by atoms with Crippen LogP contribution in [0.1, 0.15) is 73.2 Å². The fraction of sp³-hybridized carbons (Fsp3) is 0.346. The smallest absolute Gasteiger partial charge is 0.351 e. The average molecular weight is 439 g/mol. The minimum absolute atomic E-state index is 0.158. The number of aryl methyl sites for hydroxylation is 1. The Morgan fingerprint density at radius 1 is 1.19 bits per heavy atom. The monoisotopic (exact) mass is 438 g/mol. The highest BCUT2D eigenvalue weighted by atomic mass is 16.5. The zero-order chi connectivity index (χ0) is 23.7. The molecule has 0 saturated heterocycles. The van der Waals surface area contributed by atoms with E-state index in [1.54, 1.807) is 19.1 Å². The van der Waals surface area contributed by atoms with E-state index in [1.165, 1.54) is 18.7 Å². The molecule has 170 valence electrons. The van der Waals surface area contributed by atoms with Crippen molar-refractivity contribution in [1.29, 1.82) is 0 Å². The molecule has 1 aromatic heterocycles. The lowest BCUT2D eigenvalue weighted by molar-refractivity contribution is -0.139. The molecule has 6 heteroatoms. The summed E-state index contributed by atoms with van der Waals surface area (Å²) in [6.07, 6.45) is 7.67. The van der Waals surface area contributed by atoms with E-state index in [9.17, 15) is 19.5 Å². The number of carbonyl (C=O) groups is 2. The lowest BCUT2D eigenvalue weighted by atomic mass is 9.99. The second-order valence-corrected chi connectivity index (χ2v) is 7.68. The normalized spacial score (nSPS) is 12.7. The van der Waals surface area contributed by atoms with E-state index in [0.29, 0.717) is 24.2 Å². The first-order valence-corrected chi connectivity index (χ1v) is 10.7. The number of methoxy groups -OCH3 is 1. The van der Waals surface area contributed by atoms with Gasteiger partial charge < -0.3 is 14.3 Å². The van der Waals surface area contributed by atoms with Crippen LogP contribution in [0.3, 0.4) is 0 Å². The number of carbonyl (C=O) groups excluding carboxylic acids is 2. The molecule has 0 aliphatic carbocycles. The van der Waals surface area contributed by atoms with Crippen molar-refractivity contribution in [2.45, 2.75) is 52.4 Å². The average Bonchev–Trinajstić information content (AvgIpc) is 2.78. The topological polar surface area (TPSA) is 93.8 Å². The number of ether oxygens (including phenoxy) is 1. The van der Waals surface area contributed by atoms with Gasteiger partial charge in [-0.05, 0) is 49.0 Å². The molecule has 2 aromatic rings. The summed E-state index contributed by atoms with van der Waals surface area (Å²) >= 11 is 0. The van der Waals surface area contributed by atoms with Crippen molar-refractivity contribution >= 4 is 17.8 Å². The van der Waals surface area contributed by atoms with Crippen LogP contribution in [0.4, 0.5) is 0 Å². The lowest BCUT2D eigenvalue weighted by Gasteiger charge is -2.11. The van der Waals surface area contributed by atoms with Crippen LogP contribution in [-0.4, -0.2) is 24.0 Å². The molecule has 1 atom stereocenters. The highest BCUT2D eigenvalue weighted by Crippen LogP contribution is 2.26. The molecule has 0 spiro atoms. The molecule has 0 fully saturated rings. The van der Waals surface area contributed by atoms with Gasteiger partial charge >= 0.3 is 11.6 Å². The zero-order valence-electron chi connectivity index (χ0n) is 19.0. The van der Waals surface area contributed by atoms with Crippen LogP contribution in [0.15, 0.2) is 57.3 Å². The summed E-state index contributed by atoms with van der Waals surface area (Å²) in [4.78, 5) is 36.4. The number of esters is 1. The zero-order valence-corrected chi connectivity index (χ0v) is 19.0. The molecular formula is C26H30O6. The molecule has 1 unspecified atom stereocenters. The third-order valence-corrected chi connectivity index (χ3v) is 5.24. The molecule has 0 radical (unpaired) electrons. The molecule has 0 aliphatic heterocycles. The SMILES string of the molecule is CCc1ccc(C=C(C)C(=O)c2c(O)cc(C(C)CCC=CCC(=O)OC)oc2=O)cc1. The Balaban J connectivity index is 2.12. The van der Waals surface area contributed by atoms with E-state index >= 15 is 0 Å². The van der Waals surface area contributed by atoms with Crippen molar-refractivity contribution in [1.82, 2.24) is 0 Å². The molecule has 2 rings (SSSR count). The standard InChI is InChI=1S/C26H30O6/c1-5-19-11-13-20(14-12-19)15-18(3)25(29)24-21(27)16-22(32-26(24)30)17(2)9-7-6-8-10-23(28)31-4/h6,8,11-17,27H,5,7,9-10H2,1-4H3. The Hall–Kier alpha value is -3.41. The highest BCUT2D eigenvalue weighted by Gasteiger charge is 2.22. The van der Waals surface area contributed by atoms with Gasteiger partial charge in [-0.25, -0.2) is 4.79 Å². The summed E-state index contributed by atoms with van der Waals surface area (Å²) in [7, 11) is 1.34. The third kappa shape index (κ3) is 6.80. The molecular weight excluding hydrogens is 408 g/mol. The summed E-state index contributed by atoms with van der Waals surface area (Å²) in [5, 5.41) is 10.4. The Kier molecular flexibility index (Phi) is 9.20. The molecule has 0 amide bonds. The van der Waals surface area contributed by atoms with Crippen molar-refractivity contribution in [2.75, 3.05) is 7.11 Å². The maximum Gasteiger partial charge on any atom is 0.351 e. The Labute approximate surface area is 188 Å². The number of Topliss-reactive ketones (excluding diaryl/α,β-unsaturated/α-hetero) is 1. The van der Waals surface area contributed by atoms with Crippen LogP contribution in [0.25, 0.3) is 6.08 Å². The predicted octanol–water partition coefficient (Wildman–Crippen LogP) is 5.20. The fourth-order valence-corrected chi connectivity index (χ4v) is 3.18. The van der Waals surface area contributed by atoms with Gasteiger partial charge in [0, 0.05) is 12.0 Å². The lowest BCUT2D eigenvalue weighted by Crippen LogP contribution is -2.16. The number of allylic oxidation sites excluding steroid dienone is 2. The van der Waals surface area contributed by atoms with Crippen molar-refractivity contribution < 1.29 is 23.8 Å². The van der Waals surface area contributed by atoms with E-state index in [0.717, 1.165) is 12.0 Å². The molecule has 1 aromatic carbocycles. The molecule has 0 saturated carbocycles. The minimum Gasteiger partial charge on any atom is -0.507 e.